The SMILES string of the molecule is COc1ccc(CN2C(=O)N[C@H](CC(=O)NC[C@@H]3CCCN4CCCC[C@@H]34)C2=O)cc1. The standard InChI is InChI=1S/C23H32N4O4/c1-31-18-9-7-16(8-10-18)15-27-22(29)19(25-23(27)30)13-21(28)24-14-17-5-4-12-26-11-3-2-6-20(17)26/h7-10,17,19-20H,2-6,11-15H2,1H3,(H,24,28)(H,25,30)/t17-,19+,20-/m0/s1. The molecule has 0 radical (unpaired) electrons. The number of ether oxygens (including phenoxy) is 1. The molecule has 0 unspecified atom stereocenters. The zero-order valence-electron chi connectivity index (χ0n) is 18.1. The Morgan fingerprint density at radius 2 is 1.90 bits per heavy atom. The van der Waals surface area contributed by atoms with Crippen LogP contribution in [0.4, 0.5) is 4.79 Å². The largest absolute Gasteiger partial charge is 0.497 e. The number of rotatable bonds is 7. The van der Waals surface area contributed by atoms with Crippen LogP contribution in [0.25, 0.3) is 0 Å². The van der Waals surface area contributed by atoms with Gasteiger partial charge in [0.15, 0.2) is 0 Å². The van der Waals surface area contributed by atoms with Gasteiger partial charge < -0.3 is 20.3 Å². The molecule has 4 rings (SSSR count). The summed E-state index contributed by atoms with van der Waals surface area (Å²) in [5, 5.41) is 5.68. The maximum Gasteiger partial charge on any atom is 0.325 e. The Labute approximate surface area is 183 Å². The third-order valence-electron chi connectivity index (χ3n) is 6.79. The van der Waals surface area contributed by atoms with Crippen LogP contribution in [0.15, 0.2) is 24.3 Å². The molecule has 3 saturated heterocycles. The van der Waals surface area contributed by atoms with Crippen LogP contribution in [-0.4, -0.2) is 66.5 Å². The number of amides is 4. The summed E-state index contributed by atoms with van der Waals surface area (Å²) in [6, 6.07) is 6.52. The van der Waals surface area contributed by atoms with Gasteiger partial charge in [-0.2, -0.15) is 0 Å². The summed E-state index contributed by atoms with van der Waals surface area (Å²) < 4.78 is 5.13. The van der Waals surface area contributed by atoms with Gasteiger partial charge in [-0.25, -0.2) is 4.79 Å². The number of urea groups is 1. The monoisotopic (exact) mass is 428 g/mol. The first-order chi connectivity index (χ1) is 15.0. The van der Waals surface area contributed by atoms with E-state index in [2.05, 4.69) is 15.5 Å². The molecule has 0 aliphatic carbocycles. The number of carbonyl (C=O) groups is 3. The number of fused-ring (bicyclic) bond motifs is 1. The molecule has 1 aromatic rings. The van der Waals surface area contributed by atoms with Crippen LogP contribution in [0.2, 0.25) is 0 Å². The van der Waals surface area contributed by atoms with E-state index in [4.69, 9.17) is 4.74 Å². The van der Waals surface area contributed by atoms with E-state index in [1.54, 1.807) is 19.2 Å². The molecule has 4 amide bonds. The third kappa shape index (κ3) is 5.01. The predicted molar refractivity (Wildman–Crippen MR) is 115 cm³/mol. The molecule has 2 N–H and O–H groups in total. The number of nitrogens with one attached hydrogen (secondary N) is 2. The summed E-state index contributed by atoms with van der Waals surface area (Å²) in [7, 11) is 1.58. The van der Waals surface area contributed by atoms with Gasteiger partial charge in [0.2, 0.25) is 5.91 Å². The van der Waals surface area contributed by atoms with E-state index in [-0.39, 0.29) is 24.8 Å². The summed E-state index contributed by atoms with van der Waals surface area (Å²) >= 11 is 0. The van der Waals surface area contributed by atoms with Crippen molar-refractivity contribution in [3.8, 4) is 5.75 Å². The van der Waals surface area contributed by atoms with Crippen molar-refractivity contribution >= 4 is 17.8 Å². The van der Waals surface area contributed by atoms with E-state index in [1.807, 2.05) is 12.1 Å². The van der Waals surface area contributed by atoms with Crippen molar-refractivity contribution in [1.29, 1.82) is 0 Å². The average Bonchev–Trinajstić information content (AvgIpc) is 3.05. The molecule has 3 aliphatic heterocycles. The number of nitrogens with zero attached hydrogens (tertiary/aromatic N) is 2. The van der Waals surface area contributed by atoms with Gasteiger partial charge in [-0.1, -0.05) is 18.6 Å². The number of methoxy groups -OCH3 is 1. The lowest BCUT2D eigenvalue weighted by molar-refractivity contribution is -0.131. The highest BCUT2D eigenvalue weighted by molar-refractivity contribution is 6.05. The van der Waals surface area contributed by atoms with Crippen LogP contribution in [-0.2, 0) is 16.1 Å². The van der Waals surface area contributed by atoms with Gasteiger partial charge in [0.05, 0.1) is 20.1 Å². The summed E-state index contributed by atoms with van der Waals surface area (Å²) in [5.74, 6) is 0.647. The molecule has 1 aromatic carbocycles. The van der Waals surface area contributed by atoms with Gasteiger partial charge in [-0.15, -0.1) is 0 Å². The van der Waals surface area contributed by atoms with E-state index in [0.29, 0.717) is 24.3 Å². The zero-order valence-corrected chi connectivity index (χ0v) is 18.1. The van der Waals surface area contributed by atoms with Gasteiger partial charge >= 0.3 is 6.03 Å². The molecule has 0 bridgehead atoms. The molecule has 8 heteroatoms. The second-order valence-corrected chi connectivity index (χ2v) is 8.78. The van der Waals surface area contributed by atoms with Crippen molar-refractivity contribution in [2.24, 2.45) is 5.92 Å². The first-order valence-electron chi connectivity index (χ1n) is 11.3. The lowest BCUT2D eigenvalue weighted by Gasteiger charge is -2.44. The lowest BCUT2D eigenvalue weighted by Crippen LogP contribution is -2.51. The van der Waals surface area contributed by atoms with Crippen LogP contribution in [0.5, 0.6) is 5.75 Å². The molecule has 3 heterocycles. The topological polar surface area (TPSA) is 91.0 Å². The van der Waals surface area contributed by atoms with E-state index in [1.165, 1.54) is 43.7 Å². The molecular weight excluding hydrogens is 396 g/mol. The highest BCUT2D eigenvalue weighted by Crippen LogP contribution is 2.30. The van der Waals surface area contributed by atoms with Crippen LogP contribution >= 0.6 is 0 Å². The van der Waals surface area contributed by atoms with Crippen molar-refractivity contribution in [2.75, 3.05) is 26.7 Å². The van der Waals surface area contributed by atoms with Crippen LogP contribution in [0.3, 0.4) is 0 Å². The second-order valence-electron chi connectivity index (χ2n) is 8.78. The minimum absolute atomic E-state index is 0.0230. The fraction of sp³-hybridized carbons (Fsp3) is 0.609. The second kappa shape index (κ2) is 9.68. The molecule has 3 fully saturated rings. The third-order valence-corrected chi connectivity index (χ3v) is 6.79. The van der Waals surface area contributed by atoms with Gasteiger partial charge in [-0.05, 0) is 62.4 Å². The van der Waals surface area contributed by atoms with Gasteiger partial charge in [-0.3, -0.25) is 14.5 Å². The van der Waals surface area contributed by atoms with Gasteiger partial charge in [0.1, 0.15) is 11.8 Å². The molecule has 0 saturated carbocycles. The van der Waals surface area contributed by atoms with Crippen molar-refractivity contribution in [3.63, 3.8) is 0 Å². The minimum atomic E-state index is -0.803. The normalized spacial score (nSPS) is 26.4. The fourth-order valence-electron chi connectivity index (χ4n) is 5.10. The average molecular weight is 429 g/mol. The molecule has 3 aliphatic rings. The Hall–Kier alpha value is -2.61. The number of carbonyl (C=O) groups excluding carboxylic acids is 3. The van der Waals surface area contributed by atoms with E-state index >= 15 is 0 Å². The summed E-state index contributed by atoms with van der Waals surface area (Å²) in [5.41, 5.74) is 0.823. The number of benzene rings is 1. The molecule has 0 spiro atoms. The molecule has 8 nitrogen and oxygen atoms in total. The maximum absolute atomic E-state index is 12.7. The fourth-order valence-corrected chi connectivity index (χ4v) is 5.10. The Kier molecular flexibility index (Phi) is 6.75. The molecule has 0 aromatic heterocycles. The molecular formula is C23H32N4O4. The maximum atomic E-state index is 12.7. The van der Waals surface area contributed by atoms with Crippen molar-refractivity contribution in [3.05, 3.63) is 29.8 Å². The van der Waals surface area contributed by atoms with E-state index in [9.17, 15) is 14.4 Å². The van der Waals surface area contributed by atoms with E-state index in [0.717, 1.165) is 12.0 Å². The Morgan fingerprint density at radius 1 is 1.13 bits per heavy atom. The Bertz CT molecular complexity index is 810. The Morgan fingerprint density at radius 3 is 2.68 bits per heavy atom. The van der Waals surface area contributed by atoms with Crippen LogP contribution in [0.1, 0.15) is 44.1 Å². The first-order valence-corrected chi connectivity index (χ1v) is 11.3. The smallest absolute Gasteiger partial charge is 0.325 e. The minimum Gasteiger partial charge on any atom is -0.497 e. The van der Waals surface area contributed by atoms with Gasteiger partial charge in [0.25, 0.3) is 5.91 Å². The Balaban J connectivity index is 1.27. The summed E-state index contributed by atoms with van der Waals surface area (Å²) in [4.78, 5) is 41.3. The van der Waals surface area contributed by atoms with Crippen LogP contribution < -0.4 is 15.4 Å². The quantitative estimate of drug-likeness (QED) is 0.647. The van der Waals surface area contributed by atoms with Crippen molar-refractivity contribution < 1.29 is 19.1 Å². The highest BCUT2D eigenvalue weighted by atomic mass is 16.5. The molecule has 31 heavy (non-hydrogen) atoms. The van der Waals surface area contributed by atoms with Crippen molar-refractivity contribution in [1.82, 2.24) is 20.4 Å². The summed E-state index contributed by atoms with van der Waals surface area (Å²) in [6.07, 6.45) is 6.03. The van der Waals surface area contributed by atoms with E-state index < -0.39 is 12.1 Å². The number of imide groups is 1. The summed E-state index contributed by atoms with van der Waals surface area (Å²) in [6.45, 7) is 3.15. The molecule has 168 valence electrons. The number of hydrogen-bond donors (Lipinski definition) is 2. The lowest BCUT2D eigenvalue weighted by atomic mass is 9.83. The predicted octanol–water partition coefficient (Wildman–Crippen LogP) is 1.89. The highest BCUT2D eigenvalue weighted by Gasteiger charge is 2.39. The number of hydrogen-bond acceptors (Lipinski definition) is 5. The van der Waals surface area contributed by atoms with Crippen LogP contribution in [0, 0.1) is 5.92 Å². The zero-order chi connectivity index (χ0) is 21.8. The van der Waals surface area contributed by atoms with Gasteiger partial charge in [0, 0.05) is 12.6 Å². The van der Waals surface area contributed by atoms with Crippen molar-refractivity contribution in [2.45, 2.75) is 57.2 Å². The molecule has 3 atom stereocenters. The number of piperidine rings is 2. The first kappa shape index (κ1) is 21.6.